The van der Waals surface area contributed by atoms with Crippen molar-refractivity contribution in [1.29, 1.82) is 0 Å². The Hall–Kier alpha value is -1.83. The summed E-state index contributed by atoms with van der Waals surface area (Å²) in [4.78, 5) is 13.3. The quantitative estimate of drug-likeness (QED) is 0.846. The molecule has 0 atom stereocenters. The van der Waals surface area contributed by atoms with E-state index in [1.807, 2.05) is 0 Å². The lowest BCUT2D eigenvalue weighted by atomic mass is 10.3. The van der Waals surface area contributed by atoms with Crippen molar-refractivity contribution in [3.05, 3.63) is 35.3 Å². The zero-order chi connectivity index (χ0) is 13.2. The number of H-pyrrole nitrogens is 1. The Bertz CT molecular complexity index is 525. The molecule has 18 heavy (non-hydrogen) atoms. The molecule has 5 nitrogen and oxygen atoms in total. The van der Waals surface area contributed by atoms with E-state index in [0.717, 1.165) is 6.07 Å². The summed E-state index contributed by atoms with van der Waals surface area (Å²) in [5, 5.41) is 2.23. The average Bonchev–Trinajstić information content (AvgIpc) is 2.77. The molecule has 0 spiro atoms. The Morgan fingerprint density at radius 1 is 1.33 bits per heavy atom. The van der Waals surface area contributed by atoms with Crippen molar-refractivity contribution in [2.45, 2.75) is 12.7 Å². The number of nitrogens with zero attached hydrogens (tertiary/aromatic N) is 3. The molecule has 9 heteroatoms. The van der Waals surface area contributed by atoms with Crippen molar-refractivity contribution in [2.24, 2.45) is 0 Å². The number of nitrogens with one attached hydrogen (secondary N) is 2. The molecular formula is C9H7ClF3N5. The predicted octanol–water partition coefficient (Wildman–Crippen LogP) is 2.48. The average molecular weight is 278 g/mol. The second kappa shape index (κ2) is 4.81. The van der Waals surface area contributed by atoms with E-state index in [1.54, 1.807) is 6.20 Å². The zero-order valence-electron chi connectivity index (χ0n) is 8.79. The van der Waals surface area contributed by atoms with Gasteiger partial charge >= 0.3 is 6.18 Å². The molecule has 0 saturated carbocycles. The van der Waals surface area contributed by atoms with E-state index in [2.05, 4.69) is 25.3 Å². The molecule has 0 aromatic carbocycles. The van der Waals surface area contributed by atoms with Crippen molar-refractivity contribution in [3.63, 3.8) is 0 Å². The van der Waals surface area contributed by atoms with Gasteiger partial charge in [-0.2, -0.15) is 13.2 Å². The highest BCUT2D eigenvalue weighted by molar-refractivity contribution is 6.28. The summed E-state index contributed by atoms with van der Waals surface area (Å²) in [7, 11) is 0. The maximum absolute atomic E-state index is 12.5. The number of hydrogen-bond acceptors (Lipinski definition) is 4. The second-order valence-corrected chi connectivity index (χ2v) is 3.67. The molecule has 2 N–H and O–H groups in total. The molecule has 0 saturated heterocycles. The maximum Gasteiger partial charge on any atom is 0.433 e. The van der Waals surface area contributed by atoms with E-state index in [0.29, 0.717) is 5.69 Å². The van der Waals surface area contributed by atoms with E-state index in [9.17, 15) is 13.2 Å². The summed E-state index contributed by atoms with van der Waals surface area (Å²) in [6.45, 7) is 0.255. The van der Waals surface area contributed by atoms with Gasteiger partial charge in [0.15, 0.2) is 5.69 Å². The highest BCUT2D eigenvalue weighted by Gasteiger charge is 2.33. The number of aromatic nitrogens is 4. The molecule has 0 aliphatic rings. The largest absolute Gasteiger partial charge is 0.433 e. The lowest BCUT2D eigenvalue weighted by Gasteiger charge is -2.09. The molecule has 96 valence electrons. The Labute approximate surface area is 104 Å². The van der Waals surface area contributed by atoms with E-state index >= 15 is 0 Å². The van der Waals surface area contributed by atoms with Crippen molar-refractivity contribution in [3.8, 4) is 0 Å². The molecule has 2 rings (SSSR count). The van der Waals surface area contributed by atoms with E-state index < -0.39 is 17.2 Å². The molecule has 0 amide bonds. The first kappa shape index (κ1) is 12.6. The van der Waals surface area contributed by atoms with Crippen LogP contribution in [0.4, 0.5) is 19.0 Å². The fourth-order valence-corrected chi connectivity index (χ4v) is 1.40. The molecule has 0 radical (unpaired) electrons. The molecule has 0 aliphatic carbocycles. The van der Waals surface area contributed by atoms with Crippen LogP contribution in [0.5, 0.6) is 0 Å². The zero-order valence-corrected chi connectivity index (χ0v) is 9.55. The van der Waals surface area contributed by atoms with E-state index in [-0.39, 0.29) is 12.4 Å². The summed E-state index contributed by atoms with van der Waals surface area (Å²) in [6.07, 6.45) is -1.55. The van der Waals surface area contributed by atoms with Gasteiger partial charge < -0.3 is 10.3 Å². The lowest BCUT2D eigenvalue weighted by molar-refractivity contribution is -0.141. The number of rotatable bonds is 3. The summed E-state index contributed by atoms with van der Waals surface area (Å²) in [6, 6.07) is 0.794. The van der Waals surface area contributed by atoms with Gasteiger partial charge in [-0.1, -0.05) is 0 Å². The molecule has 2 aromatic heterocycles. The van der Waals surface area contributed by atoms with Gasteiger partial charge in [0.25, 0.3) is 0 Å². The number of imidazole rings is 1. The van der Waals surface area contributed by atoms with E-state index in [4.69, 9.17) is 11.6 Å². The summed E-state index contributed by atoms with van der Waals surface area (Å²) < 4.78 is 37.4. The van der Waals surface area contributed by atoms with Crippen LogP contribution in [0.3, 0.4) is 0 Å². The van der Waals surface area contributed by atoms with Crippen LogP contribution in [-0.2, 0) is 12.7 Å². The minimum atomic E-state index is -4.56. The molecule has 2 heterocycles. The van der Waals surface area contributed by atoms with Gasteiger partial charge in [-0.3, -0.25) is 0 Å². The Kier molecular flexibility index (Phi) is 3.37. The third-order valence-electron chi connectivity index (χ3n) is 2.00. The van der Waals surface area contributed by atoms with Crippen LogP contribution >= 0.6 is 11.6 Å². The first-order valence-corrected chi connectivity index (χ1v) is 5.16. The van der Waals surface area contributed by atoms with Crippen LogP contribution in [0, 0.1) is 0 Å². The smallest absolute Gasteiger partial charge is 0.364 e. The highest BCUT2D eigenvalue weighted by atomic mass is 35.5. The third-order valence-corrected chi connectivity index (χ3v) is 2.17. The minimum absolute atomic E-state index is 0.00285. The topological polar surface area (TPSA) is 66.5 Å². The van der Waals surface area contributed by atoms with Gasteiger partial charge in [-0.15, -0.1) is 0 Å². The number of hydrogen-bond donors (Lipinski definition) is 2. The molecule has 0 unspecified atom stereocenters. The van der Waals surface area contributed by atoms with Gasteiger partial charge in [-0.25, -0.2) is 15.0 Å². The molecule has 0 bridgehead atoms. The minimum Gasteiger partial charge on any atom is -0.364 e. The van der Waals surface area contributed by atoms with E-state index in [1.165, 1.54) is 6.33 Å². The van der Waals surface area contributed by atoms with Gasteiger partial charge in [-0.05, 0) is 11.6 Å². The standard InChI is InChI=1S/C9H7ClF3N5/c10-8-17-6(9(11,12)13)1-7(18-8)15-3-5-2-14-4-16-5/h1-2,4H,3H2,(H,14,16)(H,15,17,18). The predicted molar refractivity (Wildman–Crippen MR) is 58.0 cm³/mol. The van der Waals surface area contributed by atoms with Gasteiger partial charge in [0.2, 0.25) is 5.28 Å². The number of alkyl halides is 3. The van der Waals surface area contributed by atoms with Crippen molar-refractivity contribution < 1.29 is 13.2 Å². The Balaban J connectivity index is 2.15. The number of halogens is 4. The summed E-state index contributed by atoms with van der Waals surface area (Å²) in [5.74, 6) is -0.00285. The molecular weight excluding hydrogens is 271 g/mol. The van der Waals surface area contributed by atoms with Gasteiger partial charge in [0.05, 0.1) is 18.6 Å². The fourth-order valence-electron chi connectivity index (χ4n) is 1.22. The molecule has 0 aliphatic heterocycles. The van der Waals surface area contributed by atoms with Gasteiger partial charge in [0.1, 0.15) is 5.82 Å². The van der Waals surface area contributed by atoms with Crippen LogP contribution in [-0.4, -0.2) is 19.9 Å². The van der Waals surface area contributed by atoms with Gasteiger partial charge in [0, 0.05) is 12.3 Å². The maximum atomic E-state index is 12.5. The number of aromatic amines is 1. The SMILES string of the molecule is FC(F)(F)c1cc(NCc2cnc[nH]2)nc(Cl)n1. The normalized spacial score (nSPS) is 11.6. The van der Waals surface area contributed by atoms with Crippen molar-refractivity contribution in [2.75, 3.05) is 5.32 Å². The first-order valence-electron chi connectivity index (χ1n) is 4.78. The van der Waals surface area contributed by atoms with Crippen molar-refractivity contribution >= 4 is 17.4 Å². The first-order chi connectivity index (χ1) is 8.45. The Morgan fingerprint density at radius 3 is 2.72 bits per heavy atom. The fraction of sp³-hybridized carbons (Fsp3) is 0.222. The van der Waals surface area contributed by atoms with Crippen LogP contribution in [0.15, 0.2) is 18.6 Å². The molecule has 0 fully saturated rings. The number of anilines is 1. The van der Waals surface area contributed by atoms with Crippen molar-refractivity contribution in [1.82, 2.24) is 19.9 Å². The highest BCUT2D eigenvalue weighted by Crippen LogP contribution is 2.29. The lowest BCUT2D eigenvalue weighted by Crippen LogP contribution is -2.11. The summed E-state index contributed by atoms with van der Waals surface area (Å²) >= 11 is 5.43. The third kappa shape index (κ3) is 3.10. The molecule has 2 aromatic rings. The monoisotopic (exact) mass is 277 g/mol. The van der Waals surface area contributed by atoms with Crippen LogP contribution in [0.2, 0.25) is 5.28 Å². The summed E-state index contributed by atoms with van der Waals surface area (Å²) in [5.41, 5.74) is -0.382. The second-order valence-electron chi connectivity index (χ2n) is 3.34. The van der Waals surface area contributed by atoms with Crippen LogP contribution < -0.4 is 5.32 Å². The van der Waals surface area contributed by atoms with Crippen LogP contribution in [0.1, 0.15) is 11.4 Å². The van der Waals surface area contributed by atoms with Crippen LogP contribution in [0.25, 0.3) is 0 Å². The Morgan fingerprint density at radius 2 is 2.11 bits per heavy atom.